The van der Waals surface area contributed by atoms with Crippen molar-refractivity contribution in [2.24, 2.45) is 4.99 Å². The average Bonchev–Trinajstić information content (AvgIpc) is 3.40. The van der Waals surface area contributed by atoms with Crippen LogP contribution in [0.3, 0.4) is 0 Å². The molecule has 1 amide bonds. The smallest absolute Gasteiger partial charge is 0.320 e. The van der Waals surface area contributed by atoms with Gasteiger partial charge in [0.2, 0.25) is 0 Å². The van der Waals surface area contributed by atoms with Gasteiger partial charge in [0.25, 0.3) is 5.91 Å². The number of rotatable bonds is 8. The summed E-state index contributed by atoms with van der Waals surface area (Å²) in [4.78, 5) is 30.7. The number of nitrogens with zero attached hydrogens (tertiary/aromatic N) is 7. The van der Waals surface area contributed by atoms with Gasteiger partial charge in [-0.15, -0.1) is 0 Å². The Balaban J connectivity index is 1.50. The summed E-state index contributed by atoms with van der Waals surface area (Å²) in [7, 11) is 3.44. The fourth-order valence-electron chi connectivity index (χ4n) is 4.30. The van der Waals surface area contributed by atoms with Crippen LogP contribution < -0.4 is 9.64 Å². The normalized spacial score (nSPS) is 17.3. The van der Waals surface area contributed by atoms with E-state index in [1.165, 1.54) is 4.90 Å². The predicted molar refractivity (Wildman–Crippen MR) is 146 cm³/mol. The van der Waals surface area contributed by atoms with Crippen LogP contribution in [-0.2, 0) is 4.74 Å². The van der Waals surface area contributed by atoms with E-state index in [9.17, 15) is 4.79 Å². The van der Waals surface area contributed by atoms with Gasteiger partial charge in [-0.25, -0.2) is 4.68 Å². The summed E-state index contributed by atoms with van der Waals surface area (Å²) in [5.41, 5.74) is 3.15. The zero-order valence-electron chi connectivity index (χ0n) is 22.1. The Morgan fingerprint density at radius 2 is 1.87 bits per heavy atom. The summed E-state index contributed by atoms with van der Waals surface area (Å²) in [6.45, 7) is 5.15. The van der Waals surface area contributed by atoms with E-state index in [1.54, 1.807) is 24.8 Å². The topological polar surface area (TPSA) is 98.0 Å². The SMILES string of the molecule is CC1CC=C(CCOc2nc(N3CCOCC3)cc(-n3nc(-c4ccccc4)cc3C(=O)N(C)C)n2)C=N1. The summed E-state index contributed by atoms with van der Waals surface area (Å²) in [6.07, 6.45) is 5.76. The van der Waals surface area contributed by atoms with Gasteiger partial charge in [-0.2, -0.15) is 15.1 Å². The molecule has 0 bridgehead atoms. The highest BCUT2D eigenvalue weighted by Gasteiger charge is 2.23. The molecule has 3 aromatic rings. The van der Waals surface area contributed by atoms with Gasteiger partial charge in [0.15, 0.2) is 5.82 Å². The monoisotopic (exact) mass is 515 g/mol. The van der Waals surface area contributed by atoms with E-state index in [0.717, 1.165) is 17.6 Å². The minimum atomic E-state index is -0.175. The number of amides is 1. The molecule has 0 aliphatic carbocycles. The van der Waals surface area contributed by atoms with Crippen LogP contribution in [0, 0.1) is 0 Å². The second-order valence-corrected chi connectivity index (χ2v) is 9.60. The highest BCUT2D eigenvalue weighted by atomic mass is 16.5. The number of hydrogen-bond acceptors (Lipinski definition) is 8. The highest BCUT2D eigenvalue weighted by molar-refractivity contribution is 5.94. The van der Waals surface area contributed by atoms with Crippen LogP contribution in [0.1, 0.15) is 30.3 Å². The molecule has 0 spiro atoms. The number of aromatic nitrogens is 4. The van der Waals surface area contributed by atoms with Crippen molar-refractivity contribution >= 4 is 17.9 Å². The first-order valence-electron chi connectivity index (χ1n) is 12.9. The molecule has 2 aliphatic heterocycles. The molecule has 0 saturated carbocycles. The van der Waals surface area contributed by atoms with E-state index < -0.39 is 0 Å². The average molecular weight is 516 g/mol. The van der Waals surface area contributed by atoms with Crippen molar-refractivity contribution in [1.82, 2.24) is 24.6 Å². The molecule has 1 fully saturated rings. The summed E-state index contributed by atoms with van der Waals surface area (Å²) in [6, 6.07) is 14.0. The van der Waals surface area contributed by atoms with Gasteiger partial charge < -0.3 is 19.3 Å². The molecule has 4 heterocycles. The lowest BCUT2D eigenvalue weighted by molar-refractivity contribution is 0.0818. The Bertz CT molecular complexity index is 1330. The first-order chi connectivity index (χ1) is 18.5. The van der Waals surface area contributed by atoms with Gasteiger partial charge >= 0.3 is 6.01 Å². The summed E-state index contributed by atoms with van der Waals surface area (Å²) >= 11 is 0. The Kier molecular flexibility index (Phi) is 7.78. The van der Waals surface area contributed by atoms with Gasteiger partial charge in [0, 0.05) is 51.5 Å². The molecule has 5 rings (SSSR count). The van der Waals surface area contributed by atoms with Crippen molar-refractivity contribution in [3.05, 3.63) is 59.8 Å². The molecule has 1 unspecified atom stereocenters. The van der Waals surface area contributed by atoms with Crippen molar-refractivity contribution in [3.8, 4) is 23.1 Å². The third-order valence-electron chi connectivity index (χ3n) is 6.47. The molecule has 38 heavy (non-hydrogen) atoms. The lowest BCUT2D eigenvalue weighted by atomic mass is 10.1. The van der Waals surface area contributed by atoms with Gasteiger partial charge in [-0.1, -0.05) is 36.4 Å². The zero-order valence-corrected chi connectivity index (χ0v) is 22.1. The fraction of sp³-hybridized carbons (Fsp3) is 0.393. The number of anilines is 1. The van der Waals surface area contributed by atoms with Crippen molar-refractivity contribution in [2.75, 3.05) is 51.9 Å². The van der Waals surface area contributed by atoms with Crippen molar-refractivity contribution in [1.29, 1.82) is 0 Å². The van der Waals surface area contributed by atoms with Gasteiger partial charge in [0.05, 0.1) is 31.6 Å². The van der Waals surface area contributed by atoms with Gasteiger partial charge in [0.1, 0.15) is 11.5 Å². The van der Waals surface area contributed by atoms with Crippen LogP contribution in [-0.4, -0.2) is 89.8 Å². The molecule has 1 atom stereocenters. The molecule has 2 aliphatic rings. The minimum Gasteiger partial charge on any atom is -0.463 e. The molecule has 10 nitrogen and oxygen atoms in total. The Labute approximate surface area is 222 Å². The number of hydrogen-bond donors (Lipinski definition) is 0. The highest BCUT2D eigenvalue weighted by Crippen LogP contribution is 2.25. The number of carbonyl (C=O) groups is 1. The fourth-order valence-corrected chi connectivity index (χ4v) is 4.30. The van der Waals surface area contributed by atoms with E-state index in [1.807, 2.05) is 42.6 Å². The summed E-state index contributed by atoms with van der Waals surface area (Å²) < 4.78 is 13.2. The standard InChI is InChI=1S/C28H33N7O3/c1-20-9-10-21(19-29-20)11-14-38-28-30-25(34-12-15-37-16-13-34)18-26(31-28)35-24(27(36)33(2)3)17-23(32-35)22-7-5-4-6-8-22/h4-8,10,17-20H,9,11-16H2,1-3H3. The molecule has 10 heteroatoms. The van der Waals surface area contributed by atoms with Crippen molar-refractivity contribution in [2.45, 2.75) is 25.8 Å². The second-order valence-electron chi connectivity index (χ2n) is 9.60. The van der Waals surface area contributed by atoms with Crippen LogP contribution in [0.15, 0.2) is 59.1 Å². The summed E-state index contributed by atoms with van der Waals surface area (Å²) in [5, 5.41) is 4.80. The lowest BCUT2D eigenvalue weighted by Crippen LogP contribution is -2.37. The maximum atomic E-state index is 13.2. The van der Waals surface area contributed by atoms with E-state index in [-0.39, 0.29) is 11.9 Å². The number of carbonyl (C=O) groups excluding carboxylic acids is 1. The van der Waals surface area contributed by atoms with E-state index >= 15 is 0 Å². The van der Waals surface area contributed by atoms with Crippen LogP contribution in [0.25, 0.3) is 17.1 Å². The van der Waals surface area contributed by atoms with E-state index in [4.69, 9.17) is 19.6 Å². The first kappa shape index (κ1) is 25.6. The maximum Gasteiger partial charge on any atom is 0.320 e. The molecule has 2 aromatic heterocycles. The number of morpholine rings is 1. The molecule has 198 valence electrons. The molecule has 0 N–H and O–H groups in total. The molecule has 1 saturated heterocycles. The Morgan fingerprint density at radius 1 is 1.11 bits per heavy atom. The zero-order chi connectivity index (χ0) is 26.5. The van der Waals surface area contributed by atoms with Gasteiger partial charge in [-0.05, 0) is 25.0 Å². The van der Waals surface area contributed by atoms with Crippen molar-refractivity contribution < 1.29 is 14.3 Å². The number of ether oxygens (including phenoxy) is 2. The van der Waals surface area contributed by atoms with Crippen LogP contribution in [0.2, 0.25) is 0 Å². The minimum absolute atomic E-state index is 0.175. The predicted octanol–water partition coefficient (Wildman–Crippen LogP) is 3.43. The number of benzene rings is 1. The molecular weight excluding hydrogens is 482 g/mol. The molecular formula is C28H33N7O3. The number of aliphatic imine (C=N–C) groups is 1. The quantitative estimate of drug-likeness (QED) is 0.453. The Morgan fingerprint density at radius 3 is 2.58 bits per heavy atom. The van der Waals surface area contributed by atoms with Crippen molar-refractivity contribution in [3.63, 3.8) is 0 Å². The number of dihydropyridines is 1. The van der Waals surface area contributed by atoms with Crippen LogP contribution in [0.4, 0.5) is 5.82 Å². The Hall–Kier alpha value is -4.05. The maximum absolute atomic E-state index is 13.2. The third kappa shape index (κ3) is 5.91. The molecule has 1 aromatic carbocycles. The molecule has 0 radical (unpaired) electrons. The van der Waals surface area contributed by atoms with E-state index in [2.05, 4.69) is 27.9 Å². The van der Waals surface area contributed by atoms with E-state index in [0.29, 0.717) is 68.4 Å². The van der Waals surface area contributed by atoms with Crippen LogP contribution in [0.5, 0.6) is 6.01 Å². The van der Waals surface area contributed by atoms with Gasteiger partial charge in [-0.3, -0.25) is 9.79 Å². The largest absolute Gasteiger partial charge is 0.463 e. The first-order valence-corrected chi connectivity index (χ1v) is 12.9. The second kappa shape index (κ2) is 11.6. The summed E-state index contributed by atoms with van der Waals surface area (Å²) in [5.74, 6) is 1.00. The third-order valence-corrected chi connectivity index (χ3v) is 6.47. The van der Waals surface area contributed by atoms with Crippen LogP contribution >= 0.6 is 0 Å². The lowest BCUT2D eigenvalue weighted by Gasteiger charge is -2.28.